The summed E-state index contributed by atoms with van der Waals surface area (Å²) in [6.07, 6.45) is 7.65. The highest BCUT2D eigenvalue weighted by atomic mass is 32.2. The molecular weight excluding hydrogens is 152 g/mol. The zero-order valence-electron chi connectivity index (χ0n) is 7.92. The molecule has 0 rings (SSSR count). The summed E-state index contributed by atoms with van der Waals surface area (Å²) < 4.78 is 0. The molecule has 0 N–H and O–H groups in total. The van der Waals surface area contributed by atoms with Gasteiger partial charge >= 0.3 is 0 Å². The Bertz CT molecular complexity index is 145. The minimum absolute atomic E-state index is 0.734. The van der Waals surface area contributed by atoms with Crippen LogP contribution in [0.4, 0.5) is 0 Å². The molecule has 1 heteroatoms. The predicted octanol–water partition coefficient (Wildman–Crippen LogP) is 4.00. The van der Waals surface area contributed by atoms with E-state index in [1.165, 1.54) is 11.3 Å². The molecule has 0 bridgehead atoms. The van der Waals surface area contributed by atoms with E-state index < -0.39 is 0 Å². The molecule has 64 valence electrons. The van der Waals surface area contributed by atoms with Gasteiger partial charge in [0.2, 0.25) is 0 Å². The molecule has 0 aromatic rings. The van der Waals surface area contributed by atoms with Crippen LogP contribution in [0.15, 0.2) is 23.1 Å². The lowest BCUT2D eigenvalue weighted by molar-refractivity contribution is 0.909. The summed E-state index contributed by atoms with van der Waals surface area (Å²) in [5, 5.41) is 0.734. The van der Waals surface area contributed by atoms with Crippen LogP contribution in [-0.2, 0) is 0 Å². The third-order valence-corrected chi connectivity index (χ3v) is 2.91. The van der Waals surface area contributed by atoms with E-state index in [4.69, 9.17) is 0 Å². The molecule has 0 heterocycles. The van der Waals surface area contributed by atoms with E-state index >= 15 is 0 Å². The lowest BCUT2D eigenvalue weighted by atomic mass is 10.4. The van der Waals surface area contributed by atoms with Gasteiger partial charge in [0.25, 0.3) is 0 Å². The molecule has 1 unspecified atom stereocenters. The molecule has 0 radical (unpaired) electrons. The topological polar surface area (TPSA) is 0 Å². The monoisotopic (exact) mass is 170 g/mol. The molecule has 0 saturated heterocycles. The Morgan fingerprint density at radius 3 is 2.45 bits per heavy atom. The Morgan fingerprint density at radius 1 is 1.45 bits per heavy atom. The van der Waals surface area contributed by atoms with Gasteiger partial charge < -0.3 is 0 Å². The Hall–Kier alpha value is -0.170. The highest BCUT2D eigenvalue weighted by Crippen LogP contribution is 2.24. The summed E-state index contributed by atoms with van der Waals surface area (Å²) in [4.78, 5) is 1.38. The first-order valence-electron chi connectivity index (χ1n) is 4.20. The van der Waals surface area contributed by atoms with Gasteiger partial charge in [-0.05, 0) is 20.3 Å². The first-order chi connectivity index (χ1) is 5.24. The fraction of sp³-hybridized carbons (Fsp3) is 0.600. The standard InChI is InChI=1S/C10H18S/c1-5-8-10(7-3)11-9(4)6-2/h5,7-9H,6H2,1-4H3/b8-5-,10-7+. The van der Waals surface area contributed by atoms with Crippen molar-refractivity contribution in [2.45, 2.75) is 39.4 Å². The number of thioether (sulfide) groups is 1. The van der Waals surface area contributed by atoms with Gasteiger partial charge in [0.15, 0.2) is 0 Å². The van der Waals surface area contributed by atoms with Crippen LogP contribution in [0, 0.1) is 0 Å². The number of allylic oxidation sites excluding steroid dienone is 3. The molecule has 0 aromatic carbocycles. The van der Waals surface area contributed by atoms with Gasteiger partial charge in [-0.1, -0.05) is 32.1 Å². The summed E-state index contributed by atoms with van der Waals surface area (Å²) in [7, 11) is 0. The minimum Gasteiger partial charge on any atom is -0.123 e. The molecule has 11 heavy (non-hydrogen) atoms. The number of hydrogen-bond donors (Lipinski definition) is 0. The molecule has 0 aliphatic heterocycles. The lowest BCUT2D eigenvalue weighted by Gasteiger charge is -2.07. The third kappa shape index (κ3) is 5.14. The van der Waals surface area contributed by atoms with Crippen molar-refractivity contribution in [3.63, 3.8) is 0 Å². The molecule has 0 aliphatic rings. The number of hydrogen-bond acceptors (Lipinski definition) is 1. The van der Waals surface area contributed by atoms with Crippen LogP contribution in [0.3, 0.4) is 0 Å². The first-order valence-corrected chi connectivity index (χ1v) is 5.08. The molecule has 0 saturated carbocycles. The van der Waals surface area contributed by atoms with Crippen molar-refractivity contribution in [3.05, 3.63) is 23.1 Å². The maximum Gasteiger partial charge on any atom is 0.00633 e. The molecule has 0 nitrogen and oxygen atoms in total. The fourth-order valence-electron chi connectivity index (χ4n) is 0.683. The zero-order chi connectivity index (χ0) is 8.69. The van der Waals surface area contributed by atoms with Gasteiger partial charge in [-0.15, -0.1) is 11.8 Å². The molecule has 0 fully saturated rings. The highest BCUT2D eigenvalue weighted by molar-refractivity contribution is 8.03. The van der Waals surface area contributed by atoms with E-state index in [1.807, 2.05) is 11.8 Å². The number of rotatable bonds is 4. The van der Waals surface area contributed by atoms with Crippen LogP contribution in [0.2, 0.25) is 0 Å². The normalized spacial score (nSPS) is 15.8. The van der Waals surface area contributed by atoms with E-state index in [0.717, 1.165) is 5.25 Å². The average molecular weight is 170 g/mol. The van der Waals surface area contributed by atoms with E-state index in [1.54, 1.807) is 0 Å². The summed E-state index contributed by atoms with van der Waals surface area (Å²) in [5.41, 5.74) is 0. The minimum atomic E-state index is 0.734. The Balaban J connectivity index is 3.89. The molecule has 0 spiro atoms. The van der Waals surface area contributed by atoms with E-state index in [2.05, 4.69) is 45.9 Å². The Morgan fingerprint density at radius 2 is 2.09 bits per heavy atom. The second-order valence-electron chi connectivity index (χ2n) is 2.53. The lowest BCUT2D eigenvalue weighted by Crippen LogP contribution is -1.91. The van der Waals surface area contributed by atoms with Gasteiger partial charge in [0, 0.05) is 10.2 Å². The molecule has 1 atom stereocenters. The summed E-state index contributed by atoms with van der Waals surface area (Å²) >= 11 is 1.94. The molecule has 0 aliphatic carbocycles. The van der Waals surface area contributed by atoms with E-state index in [9.17, 15) is 0 Å². The Kier molecular flexibility index (Phi) is 6.43. The molecular formula is C10H18S. The quantitative estimate of drug-likeness (QED) is 0.575. The SMILES string of the molecule is C/C=C\C(=C/C)SC(C)CC. The molecule has 0 aromatic heterocycles. The van der Waals surface area contributed by atoms with Gasteiger partial charge in [-0.3, -0.25) is 0 Å². The first kappa shape index (κ1) is 10.8. The van der Waals surface area contributed by atoms with Crippen LogP contribution in [0.25, 0.3) is 0 Å². The maximum atomic E-state index is 2.26. The van der Waals surface area contributed by atoms with Crippen LogP contribution < -0.4 is 0 Å². The summed E-state index contributed by atoms with van der Waals surface area (Å²) in [6, 6.07) is 0. The van der Waals surface area contributed by atoms with Crippen LogP contribution in [0.5, 0.6) is 0 Å². The van der Waals surface area contributed by atoms with Gasteiger partial charge in [0.1, 0.15) is 0 Å². The molecule has 0 amide bonds. The largest absolute Gasteiger partial charge is 0.123 e. The second-order valence-corrected chi connectivity index (χ2v) is 4.04. The van der Waals surface area contributed by atoms with Crippen LogP contribution >= 0.6 is 11.8 Å². The highest BCUT2D eigenvalue weighted by Gasteiger charge is 1.99. The second kappa shape index (κ2) is 6.53. The van der Waals surface area contributed by atoms with Crippen molar-refractivity contribution in [2.24, 2.45) is 0 Å². The summed E-state index contributed by atoms with van der Waals surface area (Å²) in [5.74, 6) is 0. The third-order valence-electron chi connectivity index (χ3n) is 1.53. The van der Waals surface area contributed by atoms with E-state index in [-0.39, 0.29) is 0 Å². The smallest absolute Gasteiger partial charge is 0.00633 e. The van der Waals surface area contributed by atoms with Crippen molar-refractivity contribution in [1.82, 2.24) is 0 Å². The van der Waals surface area contributed by atoms with Crippen molar-refractivity contribution >= 4 is 11.8 Å². The van der Waals surface area contributed by atoms with Crippen LogP contribution in [0.1, 0.15) is 34.1 Å². The van der Waals surface area contributed by atoms with Gasteiger partial charge in [0.05, 0.1) is 0 Å². The van der Waals surface area contributed by atoms with Gasteiger partial charge in [-0.2, -0.15) is 0 Å². The average Bonchev–Trinajstić information content (AvgIpc) is 2.03. The fourth-order valence-corrected chi connectivity index (χ4v) is 1.67. The van der Waals surface area contributed by atoms with Crippen molar-refractivity contribution < 1.29 is 0 Å². The van der Waals surface area contributed by atoms with Crippen molar-refractivity contribution in [1.29, 1.82) is 0 Å². The summed E-state index contributed by atoms with van der Waals surface area (Å²) in [6.45, 7) is 8.63. The Labute approximate surface area is 74.8 Å². The van der Waals surface area contributed by atoms with E-state index in [0.29, 0.717) is 0 Å². The van der Waals surface area contributed by atoms with Crippen LogP contribution in [-0.4, -0.2) is 5.25 Å². The maximum absolute atomic E-state index is 2.26. The van der Waals surface area contributed by atoms with Crippen molar-refractivity contribution in [3.8, 4) is 0 Å². The zero-order valence-corrected chi connectivity index (χ0v) is 8.74. The van der Waals surface area contributed by atoms with Gasteiger partial charge in [-0.25, -0.2) is 0 Å². The van der Waals surface area contributed by atoms with Crippen molar-refractivity contribution in [2.75, 3.05) is 0 Å². The predicted molar refractivity (Wildman–Crippen MR) is 55.9 cm³/mol.